The predicted molar refractivity (Wildman–Crippen MR) is 73.2 cm³/mol. The first-order valence-electron chi connectivity index (χ1n) is 6.02. The van der Waals surface area contributed by atoms with E-state index in [1.807, 2.05) is 55.5 Å². The van der Waals surface area contributed by atoms with E-state index in [1.54, 1.807) is 6.20 Å². The summed E-state index contributed by atoms with van der Waals surface area (Å²) in [5.74, 6) is 0.545. The van der Waals surface area contributed by atoms with Gasteiger partial charge in [0.25, 0.3) is 0 Å². The van der Waals surface area contributed by atoms with Crippen LogP contribution in [0.15, 0.2) is 54.7 Å². The SMILES string of the molecule is Cc1cccc(-c2ncc(-c3ccccc3)nn2)n1. The van der Waals surface area contributed by atoms with Crippen molar-refractivity contribution in [1.82, 2.24) is 20.2 Å². The van der Waals surface area contributed by atoms with Crippen LogP contribution in [-0.2, 0) is 0 Å². The first-order valence-corrected chi connectivity index (χ1v) is 6.02. The summed E-state index contributed by atoms with van der Waals surface area (Å²) in [5, 5.41) is 8.35. The molecule has 0 aliphatic rings. The average Bonchev–Trinajstić information content (AvgIpc) is 2.48. The Hall–Kier alpha value is -2.62. The number of benzene rings is 1. The van der Waals surface area contributed by atoms with Gasteiger partial charge in [0.1, 0.15) is 11.4 Å². The van der Waals surface area contributed by atoms with Gasteiger partial charge in [-0.1, -0.05) is 36.4 Å². The summed E-state index contributed by atoms with van der Waals surface area (Å²) in [6.07, 6.45) is 1.72. The third kappa shape index (κ3) is 2.47. The molecule has 0 aliphatic heterocycles. The summed E-state index contributed by atoms with van der Waals surface area (Å²) < 4.78 is 0. The van der Waals surface area contributed by atoms with Crippen molar-refractivity contribution in [1.29, 1.82) is 0 Å². The van der Waals surface area contributed by atoms with Gasteiger partial charge in [0.2, 0.25) is 0 Å². The second-order valence-corrected chi connectivity index (χ2v) is 4.20. The molecule has 0 bridgehead atoms. The molecule has 0 radical (unpaired) electrons. The molecule has 0 atom stereocenters. The van der Waals surface area contributed by atoms with Crippen LogP contribution in [0.3, 0.4) is 0 Å². The van der Waals surface area contributed by atoms with Crippen molar-refractivity contribution in [2.75, 3.05) is 0 Å². The molecule has 2 heterocycles. The zero-order chi connectivity index (χ0) is 13.1. The predicted octanol–water partition coefficient (Wildman–Crippen LogP) is 2.91. The highest BCUT2D eigenvalue weighted by molar-refractivity contribution is 5.58. The Morgan fingerprint density at radius 1 is 0.789 bits per heavy atom. The second kappa shape index (κ2) is 4.94. The largest absolute Gasteiger partial charge is 0.250 e. The highest BCUT2D eigenvalue weighted by Gasteiger charge is 2.05. The summed E-state index contributed by atoms with van der Waals surface area (Å²) in [4.78, 5) is 8.71. The van der Waals surface area contributed by atoms with Crippen LogP contribution >= 0.6 is 0 Å². The fraction of sp³-hybridized carbons (Fsp3) is 0.0667. The standard InChI is InChI=1S/C15H12N4/c1-11-6-5-9-13(17-11)15-16-10-14(18-19-15)12-7-3-2-4-8-12/h2-10H,1H3. The Bertz CT molecular complexity index is 678. The summed E-state index contributed by atoms with van der Waals surface area (Å²) in [6.45, 7) is 1.94. The number of hydrogen-bond acceptors (Lipinski definition) is 4. The molecule has 4 nitrogen and oxygen atoms in total. The molecule has 0 saturated carbocycles. The summed E-state index contributed by atoms with van der Waals surface area (Å²) in [6, 6.07) is 15.6. The molecule has 0 amide bonds. The van der Waals surface area contributed by atoms with Crippen LogP contribution in [0.25, 0.3) is 22.8 Å². The first-order chi connectivity index (χ1) is 9.33. The van der Waals surface area contributed by atoms with Gasteiger partial charge in [-0.3, -0.25) is 0 Å². The van der Waals surface area contributed by atoms with Crippen molar-refractivity contribution in [3.05, 3.63) is 60.4 Å². The van der Waals surface area contributed by atoms with Gasteiger partial charge in [0, 0.05) is 11.3 Å². The maximum Gasteiger partial charge on any atom is 0.200 e. The fourth-order valence-corrected chi connectivity index (χ4v) is 1.80. The Morgan fingerprint density at radius 3 is 2.32 bits per heavy atom. The first kappa shape index (κ1) is 11.5. The van der Waals surface area contributed by atoms with E-state index < -0.39 is 0 Å². The zero-order valence-corrected chi connectivity index (χ0v) is 10.5. The third-order valence-corrected chi connectivity index (χ3v) is 2.75. The highest BCUT2D eigenvalue weighted by atomic mass is 15.2. The number of rotatable bonds is 2. The number of aryl methyl sites for hydroxylation is 1. The van der Waals surface area contributed by atoms with E-state index in [4.69, 9.17) is 0 Å². The molecule has 2 aromatic heterocycles. The monoisotopic (exact) mass is 248 g/mol. The van der Waals surface area contributed by atoms with Crippen LogP contribution < -0.4 is 0 Å². The molecule has 1 aromatic carbocycles. The van der Waals surface area contributed by atoms with Gasteiger partial charge in [0.15, 0.2) is 5.82 Å². The molecule has 0 saturated heterocycles. The van der Waals surface area contributed by atoms with Crippen molar-refractivity contribution in [3.63, 3.8) is 0 Å². The lowest BCUT2D eigenvalue weighted by molar-refractivity contribution is 0.974. The number of pyridine rings is 1. The lowest BCUT2D eigenvalue weighted by atomic mass is 10.2. The van der Waals surface area contributed by atoms with Gasteiger partial charge in [-0.25, -0.2) is 9.97 Å². The van der Waals surface area contributed by atoms with E-state index in [0.29, 0.717) is 5.82 Å². The summed E-state index contributed by atoms with van der Waals surface area (Å²) in [5.41, 5.74) is 3.45. The molecule has 0 fully saturated rings. The molecule has 19 heavy (non-hydrogen) atoms. The quantitative estimate of drug-likeness (QED) is 0.699. The zero-order valence-electron chi connectivity index (χ0n) is 10.5. The molecule has 92 valence electrons. The molecular weight excluding hydrogens is 236 g/mol. The van der Waals surface area contributed by atoms with Crippen molar-refractivity contribution in [3.8, 4) is 22.8 Å². The molecule has 0 spiro atoms. The van der Waals surface area contributed by atoms with Crippen LogP contribution in [0, 0.1) is 6.92 Å². The van der Waals surface area contributed by atoms with Gasteiger partial charge < -0.3 is 0 Å². The average molecular weight is 248 g/mol. The smallest absolute Gasteiger partial charge is 0.200 e. The Balaban J connectivity index is 1.95. The van der Waals surface area contributed by atoms with Crippen LogP contribution in [0.1, 0.15) is 5.69 Å². The Labute approximate surface area is 111 Å². The van der Waals surface area contributed by atoms with E-state index in [9.17, 15) is 0 Å². The summed E-state index contributed by atoms with van der Waals surface area (Å²) in [7, 11) is 0. The van der Waals surface area contributed by atoms with Crippen molar-refractivity contribution in [2.45, 2.75) is 6.92 Å². The van der Waals surface area contributed by atoms with E-state index >= 15 is 0 Å². The molecular formula is C15H12N4. The molecule has 4 heteroatoms. The number of nitrogens with zero attached hydrogens (tertiary/aromatic N) is 4. The second-order valence-electron chi connectivity index (χ2n) is 4.20. The minimum atomic E-state index is 0.545. The number of aromatic nitrogens is 4. The summed E-state index contributed by atoms with van der Waals surface area (Å²) >= 11 is 0. The normalized spacial score (nSPS) is 10.4. The van der Waals surface area contributed by atoms with Gasteiger partial charge >= 0.3 is 0 Å². The van der Waals surface area contributed by atoms with Crippen molar-refractivity contribution < 1.29 is 0 Å². The molecule has 3 aromatic rings. The van der Waals surface area contributed by atoms with E-state index in [0.717, 1.165) is 22.6 Å². The van der Waals surface area contributed by atoms with Crippen LogP contribution in [0.2, 0.25) is 0 Å². The van der Waals surface area contributed by atoms with Gasteiger partial charge in [-0.05, 0) is 19.1 Å². The maximum atomic E-state index is 4.38. The number of hydrogen-bond donors (Lipinski definition) is 0. The molecule has 3 rings (SSSR count). The Kier molecular flexibility index (Phi) is 2.98. The molecule has 0 N–H and O–H groups in total. The fourth-order valence-electron chi connectivity index (χ4n) is 1.80. The molecule has 0 unspecified atom stereocenters. The van der Waals surface area contributed by atoms with Crippen LogP contribution in [-0.4, -0.2) is 20.2 Å². The van der Waals surface area contributed by atoms with Gasteiger partial charge in [-0.15, -0.1) is 10.2 Å². The van der Waals surface area contributed by atoms with Gasteiger partial charge in [0.05, 0.1) is 6.20 Å². The third-order valence-electron chi connectivity index (χ3n) is 2.75. The molecule has 0 aliphatic carbocycles. The van der Waals surface area contributed by atoms with E-state index in [-0.39, 0.29) is 0 Å². The maximum absolute atomic E-state index is 4.38. The van der Waals surface area contributed by atoms with Crippen LogP contribution in [0.4, 0.5) is 0 Å². The van der Waals surface area contributed by atoms with Crippen molar-refractivity contribution in [2.24, 2.45) is 0 Å². The van der Waals surface area contributed by atoms with E-state index in [2.05, 4.69) is 20.2 Å². The van der Waals surface area contributed by atoms with Crippen LogP contribution in [0.5, 0.6) is 0 Å². The van der Waals surface area contributed by atoms with E-state index in [1.165, 1.54) is 0 Å². The topological polar surface area (TPSA) is 51.6 Å². The minimum Gasteiger partial charge on any atom is -0.250 e. The lowest BCUT2D eigenvalue weighted by Crippen LogP contribution is -1.96. The highest BCUT2D eigenvalue weighted by Crippen LogP contribution is 2.16. The lowest BCUT2D eigenvalue weighted by Gasteiger charge is -2.01. The minimum absolute atomic E-state index is 0.545. The van der Waals surface area contributed by atoms with Crippen molar-refractivity contribution >= 4 is 0 Å². The Morgan fingerprint density at radius 2 is 1.63 bits per heavy atom. The van der Waals surface area contributed by atoms with Gasteiger partial charge in [-0.2, -0.15) is 0 Å².